The zero-order valence-corrected chi connectivity index (χ0v) is 8.74. The molecule has 0 saturated carbocycles. The van der Waals surface area contributed by atoms with Crippen LogP contribution in [0.1, 0.15) is 0 Å². The van der Waals surface area contributed by atoms with Crippen molar-refractivity contribution in [1.82, 2.24) is 10.2 Å². The number of fused-ring (bicyclic) bond motifs is 1. The third-order valence-corrected chi connectivity index (χ3v) is 3.16. The lowest BCUT2D eigenvalue weighted by Gasteiger charge is -1.98. The second kappa shape index (κ2) is 3.44. The van der Waals surface area contributed by atoms with Gasteiger partial charge in [0.15, 0.2) is 0 Å². The van der Waals surface area contributed by atoms with Gasteiger partial charge < -0.3 is 0 Å². The van der Waals surface area contributed by atoms with E-state index >= 15 is 0 Å². The summed E-state index contributed by atoms with van der Waals surface area (Å²) in [6.45, 7) is 0. The molecule has 0 fully saturated rings. The Labute approximate surface area is 91.2 Å². The predicted molar refractivity (Wildman–Crippen MR) is 62.9 cm³/mol. The number of aromatic nitrogens is 2. The maximum absolute atomic E-state index is 4.21. The fraction of sp³-hybridized carbons (Fsp3) is 0. The maximum atomic E-state index is 4.21. The van der Waals surface area contributed by atoms with Crippen LogP contribution in [0.4, 0.5) is 0 Å². The number of rotatable bonds is 1. The second-order valence-corrected chi connectivity index (χ2v) is 4.21. The molecule has 0 spiro atoms. The van der Waals surface area contributed by atoms with Crippen LogP contribution in [-0.2, 0) is 0 Å². The van der Waals surface area contributed by atoms with Gasteiger partial charge in [0, 0.05) is 5.39 Å². The molecule has 0 aliphatic carbocycles. The molecule has 2 heterocycles. The first-order valence-electron chi connectivity index (χ1n) is 4.70. The van der Waals surface area contributed by atoms with E-state index < -0.39 is 0 Å². The van der Waals surface area contributed by atoms with Gasteiger partial charge in [0.05, 0.1) is 10.4 Å². The first kappa shape index (κ1) is 8.56. The van der Waals surface area contributed by atoms with Gasteiger partial charge in [-0.3, -0.25) is 0 Å². The summed E-state index contributed by atoms with van der Waals surface area (Å²) >= 11 is 1.68. The van der Waals surface area contributed by atoms with Crippen LogP contribution in [0.3, 0.4) is 0 Å². The van der Waals surface area contributed by atoms with Crippen molar-refractivity contribution in [2.75, 3.05) is 0 Å². The predicted octanol–water partition coefficient (Wildman–Crippen LogP) is 3.36. The van der Waals surface area contributed by atoms with Crippen molar-refractivity contribution in [3.8, 4) is 10.6 Å². The Morgan fingerprint density at radius 3 is 2.73 bits per heavy atom. The average Bonchev–Trinajstić information content (AvgIpc) is 2.82. The highest BCUT2D eigenvalue weighted by Crippen LogP contribution is 2.24. The van der Waals surface area contributed by atoms with Crippen LogP contribution in [0.5, 0.6) is 0 Å². The van der Waals surface area contributed by atoms with Crippen LogP contribution in [-0.4, -0.2) is 10.2 Å². The Morgan fingerprint density at radius 1 is 0.933 bits per heavy atom. The van der Waals surface area contributed by atoms with Crippen LogP contribution in [0, 0.1) is 0 Å². The Morgan fingerprint density at radius 2 is 1.87 bits per heavy atom. The van der Waals surface area contributed by atoms with Gasteiger partial charge >= 0.3 is 0 Å². The average molecular weight is 212 g/mol. The molecule has 0 aliphatic heterocycles. The maximum Gasteiger partial charge on any atom is 0.104 e. The fourth-order valence-electron chi connectivity index (χ4n) is 1.53. The first-order valence-corrected chi connectivity index (χ1v) is 5.58. The molecule has 0 amide bonds. The molecule has 1 aromatic carbocycles. The number of nitrogens with zero attached hydrogens (tertiary/aromatic N) is 2. The monoisotopic (exact) mass is 212 g/mol. The Kier molecular flexibility index (Phi) is 1.96. The minimum atomic E-state index is 0.942. The summed E-state index contributed by atoms with van der Waals surface area (Å²) in [6, 6.07) is 14.2. The Balaban J connectivity index is 2.22. The summed E-state index contributed by atoms with van der Waals surface area (Å²) in [5.41, 5.74) is 1.89. The lowest BCUT2D eigenvalue weighted by Crippen LogP contribution is -1.86. The molecule has 0 bridgehead atoms. The number of benzene rings is 1. The standard InChI is InChI=1S/C12H8N2S/c1-2-5-10-9(4-1)8-11(14-13-10)12-6-3-7-15-12/h1-8H. The van der Waals surface area contributed by atoms with Crippen molar-refractivity contribution >= 4 is 22.2 Å². The molecule has 72 valence electrons. The minimum absolute atomic E-state index is 0.942. The molecule has 0 unspecified atom stereocenters. The van der Waals surface area contributed by atoms with E-state index in [1.165, 1.54) is 0 Å². The van der Waals surface area contributed by atoms with E-state index in [4.69, 9.17) is 0 Å². The van der Waals surface area contributed by atoms with Crippen LogP contribution in [0.15, 0.2) is 47.8 Å². The second-order valence-electron chi connectivity index (χ2n) is 3.27. The molecule has 2 aromatic heterocycles. The molecule has 0 N–H and O–H groups in total. The molecule has 3 heteroatoms. The molecular weight excluding hydrogens is 204 g/mol. The lowest BCUT2D eigenvalue weighted by atomic mass is 10.2. The van der Waals surface area contributed by atoms with Crippen molar-refractivity contribution in [3.63, 3.8) is 0 Å². The van der Waals surface area contributed by atoms with Crippen molar-refractivity contribution in [1.29, 1.82) is 0 Å². The molecule has 3 aromatic rings. The molecule has 0 atom stereocenters. The van der Waals surface area contributed by atoms with E-state index in [-0.39, 0.29) is 0 Å². The summed E-state index contributed by atoms with van der Waals surface area (Å²) < 4.78 is 0. The zero-order valence-electron chi connectivity index (χ0n) is 7.92. The van der Waals surface area contributed by atoms with Crippen molar-refractivity contribution in [2.45, 2.75) is 0 Å². The van der Waals surface area contributed by atoms with Gasteiger partial charge in [0.1, 0.15) is 5.69 Å². The normalized spacial score (nSPS) is 10.7. The molecular formula is C12H8N2S. The van der Waals surface area contributed by atoms with E-state index in [9.17, 15) is 0 Å². The van der Waals surface area contributed by atoms with Crippen molar-refractivity contribution in [3.05, 3.63) is 47.8 Å². The summed E-state index contributed by atoms with van der Waals surface area (Å²) in [7, 11) is 0. The zero-order chi connectivity index (χ0) is 10.1. The van der Waals surface area contributed by atoms with Crippen LogP contribution in [0.2, 0.25) is 0 Å². The highest BCUT2D eigenvalue weighted by atomic mass is 32.1. The number of thiophene rings is 1. The van der Waals surface area contributed by atoms with Gasteiger partial charge in [-0.1, -0.05) is 24.3 Å². The van der Waals surface area contributed by atoms with Gasteiger partial charge in [-0.25, -0.2) is 0 Å². The third-order valence-electron chi connectivity index (χ3n) is 2.27. The fourth-order valence-corrected chi connectivity index (χ4v) is 2.21. The number of hydrogen-bond acceptors (Lipinski definition) is 3. The molecule has 0 saturated heterocycles. The third kappa shape index (κ3) is 1.51. The molecule has 2 nitrogen and oxygen atoms in total. The van der Waals surface area contributed by atoms with Crippen molar-refractivity contribution in [2.24, 2.45) is 0 Å². The van der Waals surface area contributed by atoms with E-state index in [2.05, 4.69) is 28.4 Å². The van der Waals surface area contributed by atoms with E-state index in [0.717, 1.165) is 21.5 Å². The van der Waals surface area contributed by atoms with Gasteiger partial charge in [0.25, 0.3) is 0 Å². The Bertz CT molecular complexity index is 587. The van der Waals surface area contributed by atoms with Crippen molar-refractivity contribution < 1.29 is 0 Å². The molecule has 15 heavy (non-hydrogen) atoms. The van der Waals surface area contributed by atoms with Gasteiger partial charge in [-0.2, -0.15) is 0 Å². The van der Waals surface area contributed by atoms with Gasteiger partial charge in [0.2, 0.25) is 0 Å². The Hall–Kier alpha value is -1.74. The summed E-state index contributed by atoms with van der Waals surface area (Å²) in [5.74, 6) is 0. The molecule has 3 rings (SSSR count). The smallest absolute Gasteiger partial charge is 0.104 e. The van der Waals surface area contributed by atoms with Crippen LogP contribution >= 0.6 is 11.3 Å². The van der Waals surface area contributed by atoms with Gasteiger partial charge in [-0.15, -0.1) is 21.5 Å². The molecule has 0 radical (unpaired) electrons. The van der Waals surface area contributed by atoms with E-state index in [0.29, 0.717) is 0 Å². The SMILES string of the molecule is c1csc(-c2cc3ccccc3nn2)c1. The lowest BCUT2D eigenvalue weighted by molar-refractivity contribution is 1.09. The number of hydrogen-bond donors (Lipinski definition) is 0. The summed E-state index contributed by atoms with van der Waals surface area (Å²) in [6.07, 6.45) is 0. The topological polar surface area (TPSA) is 25.8 Å². The van der Waals surface area contributed by atoms with Crippen LogP contribution in [0.25, 0.3) is 21.5 Å². The highest BCUT2D eigenvalue weighted by Gasteiger charge is 2.02. The summed E-state index contributed by atoms with van der Waals surface area (Å²) in [5, 5.41) is 11.6. The quantitative estimate of drug-likeness (QED) is 0.618. The van der Waals surface area contributed by atoms with E-state index in [1.807, 2.05) is 29.6 Å². The summed E-state index contributed by atoms with van der Waals surface area (Å²) in [4.78, 5) is 1.16. The minimum Gasteiger partial charge on any atom is -0.150 e. The molecule has 0 aliphatic rings. The van der Waals surface area contributed by atoms with Crippen LogP contribution < -0.4 is 0 Å². The van der Waals surface area contributed by atoms with E-state index in [1.54, 1.807) is 11.3 Å². The highest BCUT2D eigenvalue weighted by molar-refractivity contribution is 7.13. The van der Waals surface area contributed by atoms with Gasteiger partial charge in [-0.05, 0) is 23.6 Å². The largest absolute Gasteiger partial charge is 0.150 e. The first-order chi connectivity index (χ1) is 7.43.